The molecular weight excluding hydrogens is 236 g/mol. The molecule has 1 aromatic carbocycles. The highest BCUT2D eigenvalue weighted by atomic mass is 35.5. The minimum atomic E-state index is 0.231. The minimum absolute atomic E-state index is 0.231. The molecule has 1 aromatic heterocycles. The van der Waals surface area contributed by atoms with E-state index in [1.807, 2.05) is 23.5 Å². The number of thiophene rings is 1. The van der Waals surface area contributed by atoms with Gasteiger partial charge in [-0.15, -0.1) is 11.3 Å². The van der Waals surface area contributed by atoms with Gasteiger partial charge in [-0.2, -0.15) is 0 Å². The van der Waals surface area contributed by atoms with Gasteiger partial charge in [0.05, 0.1) is 0 Å². The van der Waals surface area contributed by atoms with Gasteiger partial charge in [-0.25, -0.2) is 0 Å². The average Bonchev–Trinajstić information content (AvgIpc) is 2.67. The second-order valence-electron chi connectivity index (χ2n) is 4.92. The van der Waals surface area contributed by atoms with E-state index in [0.717, 1.165) is 5.02 Å². The zero-order chi connectivity index (χ0) is 11.8. The van der Waals surface area contributed by atoms with Crippen LogP contribution in [0.3, 0.4) is 0 Å². The Hall–Kier alpha value is -0.790. The summed E-state index contributed by atoms with van der Waals surface area (Å²) in [6, 6.07) is 12.4. The van der Waals surface area contributed by atoms with Gasteiger partial charge in [0.25, 0.3) is 0 Å². The first kappa shape index (κ1) is 11.7. The normalized spacial score (nSPS) is 11.8. The molecule has 0 N–H and O–H groups in total. The van der Waals surface area contributed by atoms with Crippen molar-refractivity contribution in [3.8, 4) is 10.4 Å². The standard InChI is InChI=1S/C14H15ClS/c1-14(2,3)13-9-8-12(16-13)10-4-6-11(15)7-5-10/h4-9H,1-3H3. The molecule has 0 radical (unpaired) electrons. The van der Waals surface area contributed by atoms with E-state index in [-0.39, 0.29) is 5.41 Å². The average molecular weight is 251 g/mol. The van der Waals surface area contributed by atoms with Crippen molar-refractivity contribution in [3.63, 3.8) is 0 Å². The molecule has 16 heavy (non-hydrogen) atoms. The van der Waals surface area contributed by atoms with E-state index in [0.29, 0.717) is 0 Å². The first-order valence-electron chi connectivity index (χ1n) is 5.33. The van der Waals surface area contributed by atoms with Gasteiger partial charge in [-0.05, 0) is 35.2 Å². The van der Waals surface area contributed by atoms with E-state index in [1.165, 1.54) is 15.3 Å². The van der Waals surface area contributed by atoms with Crippen LogP contribution in [0.1, 0.15) is 25.6 Å². The maximum absolute atomic E-state index is 5.88. The number of rotatable bonds is 1. The monoisotopic (exact) mass is 250 g/mol. The van der Waals surface area contributed by atoms with E-state index < -0.39 is 0 Å². The van der Waals surface area contributed by atoms with Crippen LogP contribution in [0.2, 0.25) is 5.02 Å². The molecule has 84 valence electrons. The molecule has 0 amide bonds. The minimum Gasteiger partial charge on any atom is -0.140 e. The molecule has 0 unspecified atom stereocenters. The fraction of sp³-hybridized carbons (Fsp3) is 0.286. The van der Waals surface area contributed by atoms with E-state index >= 15 is 0 Å². The van der Waals surface area contributed by atoms with Crippen LogP contribution in [0.15, 0.2) is 36.4 Å². The second kappa shape index (κ2) is 4.23. The smallest absolute Gasteiger partial charge is 0.0406 e. The van der Waals surface area contributed by atoms with Crippen LogP contribution in [0.25, 0.3) is 10.4 Å². The maximum Gasteiger partial charge on any atom is 0.0406 e. The van der Waals surface area contributed by atoms with Crippen molar-refractivity contribution in [2.24, 2.45) is 0 Å². The van der Waals surface area contributed by atoms with Crippen LogP contribution >= 0.6 is 22.9 Å². The SMILES string of the molecule is CC(C)(C)c1ccc(-c2ccc(Cl)cc2)s1. The second-order valence-corrected chi connectivity index (χ2v) is 6.44. The topological polar surface area (TPSA) is 0 Å². The third kappa shape index (κ3) is 2.47. The van der Waals surface area contributed by atoms with Gasteiger partial charge in [-0.3, -0.25) is 0 Å². The highest BCUT2D eigenvalue weighted by Gasteiger charge is 2.16. The van der Waals surface area contributed by atoms with Gasteiger partial charge in [-0.1, -0.05) is 44.5 Å². The van der Waals surface area contributed by atoms with Crippen molar-refractivity contribution in [3.05, 3.63) is 46.3 Å². The lowest BCUT2D eigenvalue weighted by atomic mass is 9.95. The number of hydrogen-bond acceptors (Lipinski definition) is 1. The van der Waals surface area contributed by atoms with E-state index in [1.54, 1.807) is 0 Å². The van der Waals surface area contributed by atoms with Crippen LogP contribution < -0.4 is 0 Å². The summed E-state index contributed by atoms with van der Waals surface area (Å²) in [6.45, 7) is 6.72. The fourth-order valence-corrected chi connectivity index (χ4v) is 2.71. The Morgan fingerprint density at radius 1 is 0.938 bits per heavy atom. The van der Waals surface area contributed by atoms with E-state index in [2.05, 4.69) is 45.0 Å². The molecule has 0 atom stereocenters. The Balaban J connectivity index is 2.35. The summed E-state index contributed by atoms with van der Waals surface area (Å²) in [7, 11) is 0. The molecule has 0 bridgehead atoms. The molecule has 0 aliphatic rings. The molecule has 1 heterocycles. The number of halogens is 1. The Kier molecular flexibility index (Phi) is 3.09. The lowest BCUT2D eigenvalue weighted by Crippen LogP contribution is -2.07. The van der Waals surface area contributed by atoms with E-state index in [4.69, 9.17) is 11.6 Å². The summed E-state index contributed by atoms with van der Waals surface area (Å²) in [5, 5.41) is 0.788. The molecule has 0 saturated carbocycles. The molecule has 0 saturated heterocycles. The lowest BCUT2D eigenvalue weighted by Gasteiger charge is -2.15. The van der Waals surface area contributed by atoms with Crippen LogP contribution in [0.5, 0.6) is 0 Å². The largest absolute Gasteiger partial charge is 0.140 e. The van der Waals surface area contributed by atoms with Gasteiger partial charge >= 0.3 is 0 Å². The van der Waals surface area contributed by atoms with Crippen LogP contribution in [-0.4, -0.2) is 0 Å². The Morgan fingerprint density at radius 3 is 2.06 bits per heavy atom. The predicted octanol–water partition coefficient (Wildman–Crippen LogP) is 5.37. The molecule has 0 spiro atoms. The lowest BCUT2D eigenvalue weighted by molar-refractivity contribution is 0.604. The van der Waals surface area contributed by atoms with Gasteiger partial charge in [0.15, 0.2) is 0 Å². The van der Waals surface area contributed by atoms with Gasteiger partial charge in [0, 0.05) is 14.8 Å². The third-order valence-corrected chi connectivity index (χ3v) is 4.29. The third-order valence-electron chi connectivity index (χ3n) is 2.47. The van der Waals surface area contributed by atoms with Crippen LogP contribution in [0.4, 0.5) is 0 Å². The van der Waals surface area contributed by atoms with Crippen molar-refractivity contribution >= 4 is 22.9 Å². The van der Waals surface area contributed by atoms with Crippen molar-refractivity contribution in [2.75, 3.05) is 0 Å². The van der Waals surface area contributed by atoms with Gasteiger partial charge < -0.3 is 0 Å². The quantitative estimate of drug-likeness (QED) is 0.639. The molecule has 0 aliphatic carbocycles. The highest BCUT2D eigenvalue weighted by molar-refractivity contribution is 7.15. The Labute approximate surface area is 106 Å². The maximum atomic E-state index is 5.88. The first-order chi connectivity index (χ1) is 7.47. The predicted molar refractivity (Wildman–Crippen MR) is 73.5 cm³/mol. The van der Waals surface area contributed by atoms with Crippen LogP contribution in [-0.2, 0) is 5.41 Å². The molecule has 0 nitrogen and oxygen atoms in total. The van der Waals surface area contributed by atoms with Crippen molar-refractivity contribution < 1.29 is 0 Å². The molecule has 2 rings (SSSR count). The molecule has 0 aliphatic heterocycles. The van der Waals surface area contributed by atoms with Gasteiger partial charge in [0.2, 0.25) is 0 Å². The molecule has 0 fully saturated rings. The fourth-order valence-electron chi connectivity index (χ4n) is 1.51. The number of benzene rings is 1. The summed E-state index contributed by atoms with van der Waals surface area (Å²) in [5.74, 6) is 0. The summed E-state index contributed by atoms with van der Waals surface area (Å²) in [5.41, 5.74) is 1.47. The van der Waals surface area contributed by atoms with Crippen LogP contribution in [0, 0.1) is 0 Å². The Bertz CT molecular complexity index is 474. The zero-order valence-electron chi connectivity index (χ0n) is 9.75. The summed E-state index contributed by atoms with van der Waals surface area (Å²) >= 11 is 7.74. The first-order valence-corrected chi connectivity index (χ1v) is 6.52. The van der Waals surface area contributed by atoms with Crippen molar-refractivity contribution in [1.29, 1.82) is 0 Å². The van der Waals surface area contributed by atoms with Crippen molar-refractivity contribution in [1.82, 2.24) is 0 Å². The summed E-state index contributed by atoms with van der Waals surface area (Å²) in [6.07, 6.45) is 0. The zero-order valence-corrected chi connectivity index (χ0v) is 11.3. The molecule has 2 heteroatoms. The van der Waals surface area contributed by atoms with Gasteiger partial charge in [0.1, 0.15) is 0 Å². The molecule has 2 aromatic rings. The summed E-state index contributed by atoms with van der Waals surface area (Å²) in [4.78, 5) is 2.72. The number of hydrogen-bond donors (Lipinski definition) is 0. The highest BCUT2D eigenvalue weighted by Crippen LogP contribution is 2.35. The Morgan fingerprint density at radius 2 is 1.56 bits per heavy atom. The summed E-state index contributed by atoms with van der Waals surface area (Å²) < 4.78 is 0. The molecular formula is C14H15ClS. The van der Waals surface area contributed by atoms with Crippen molar-refractivity contribution in [2.45, 2.75) is 26.2 Å². The van der Waals surface area contributed by atoms with E-state index in [9.17, 15) is 0 Å².